The molecule has 4 nitrogen and oxygen atoms in total. The summed E-state index contributed by atoms with van der Waals surface area (Å²) in [6.07, 6.45) is 1.04. The Labute approximate surface area is 207 Å². The molecule has 0 aliphatic heterocycles. The lowest BCUT2D eigenvalue weighted by Crippen LogP contribution is -2.02. The molecular formula is C29H34O4S. The minimum atomic E-state index is -0.195. The molecule has 0 unspecified atom stereocenters. The molecule has 0 saturated heterocycles. The van der Waals surface area contributed by atoms with Gasteiger partial charge in [-0.3, -0.25) is 4.79 Å². The first kappa shape index (κ1) is 25.7. The van der Waals surface area contributed by atoms with E-state index in [2.05, 4.69) is 57.2 Å². The zero-order chi connectivity index (χ0) is 24.3. The summed E-state index contributed by atoms with van der Waals surface area (Å²) in [4.78, 5) is 11.3. The van der Waals surface area contributed by atoms with E-state index < -0.39 is 0 Å². The molecule has 0 heterocycles. The molecule has 0 aliphatic rings. The number of rotatable bonds is 12. The van der Waals surface area contributed by atoms with E-state index in [9.17, 15) is 4.79 Å². The Bertz CT molecular complexity index is 1050. The summed E-state index contributed by atoms with van der Waals surface area (Å²) < 4.78 is 16.7. The summed E-state index contributed by atoms with van der Waals surface area (Å²) in [5.74, 6) is 3.67. The molecule has 0 saturated carbocycles. The molecule has 3 aromatic rings. The maximum absolute atomic E-state index is 11.3. The van der Waals surface area contributed by atoms with Crippen molar-refractivity contribution in [3.05, 3.63) is 82.9 Å². The van der Waals surface area contributed by atoms with Gasteiger partial charge in [-0.25, -0.2) is 0 Å². The van der Waals surface area contributed by atoms with Crippen LogP contribution in [0.15, 0.2) is 60.7 Å². The number of carbonyl (C=O) groups is 1. The number of ether oxygens (including phenoxy) is 3. The van der Waals surface area contributed by atoms with Gasteiger partial charge in [-0.1, -0.05) is 37.3 Å². The van der Waals surface area contributed by atoms with Crippen molar-refractivity contribution in [3.63, 3.8) is 0 Å². The Morgan fingerprint density at radius 3 is 2.29 bits per heavy atom. The summed E-state index contributed by atoms with van der Waals surface area (Å²) in [6, 6.07) is 20.6. The van der Waals surface area contributed by atoms with E-state index in [0.717, 1.165) is 40.7 Å². The molecule has 0 aliphatic carbocycles. The first-order valence-electron chi connectivity index (χ1n) is 11.7. The molecule has 180 valence electrons. The maximum atomic E-state index is 11.3. The van der Waals surface area contributed by atoms with Gasteiger partial charge in [-0.15, -0.1) is 0 Å². The van der Waals surface area contributed by atoms with Crippen LogP contribution in [0, 0.1) is 13.8 Å². The van der Waals surface area contributed by atoms with E-state index >= 15 is 0 Å². The summed E-state index contributed by atoms with van der Waals surface area (Å²) in [7, 11) is 1.41. The van der Waals surface area contributed by atoms with Gasteiger partial charge in [0.25, 0.3) is 0 Å². The fraction of sp³-hybridized carbons (Fsp3) is 0.345. The Kier molecular flexibility index (Phi) is 9.89. The van der Waals surface area contributed by atoms with E-state index in [-0.39, 0.29) is 5.97 Å². The van der Waals surface area contributed by atoms with Crippen LogP contribution in [0.4, 0.5) is 0 Å². The Balaban J connectivity index is 1.63. The van der Waals surface area contributed by atoms with Crippen molar-refractivity contribution in [2.45, 2.75) is 40.2 Å². The van der Waals surface area contributed by atoms with Gasteiger partial charge in [0.15, 0.2) is 0 Å². The molecule has 0 aromatic heterocycles. The van der Waals surface area contributed by atoms with Crippen LogP contribution in [0.2, 0.25) is 0 Å². The summed E-state index contributed by atoms with van der Waals surface area (Å²) in [6.45, 7) is 7.67. The van der Waals surface area contributed by atoms with E-state index in [4.69, 9.17) is 14.2 Å². The van der Waals surface area contributed by atoms with Crippen molar-refractivity contribution in [3.8, 4) is 22.6 Å². The standard InChI is InChI=1S/C29H34O4S/c1-5-34-16-15-32-27-17-21(2)29(22(3)18-27)25-8-6-7-24(19-25)20-33-26-12-9-23(10-13-26)11-14-28(30)31-4/h6-10,12-13,17-19H,5,11,14-16,20H2,1-4H3. The van der Waals surface area contributed by atoms with Gasteiger partial charge in [0, 0.05) is 12.2 Å². The molecule has 0 atom stereocenters. The monoisotopic (exact) mass is 478 g/mol. The van der Waals surface area contributed by atoms with E-state index in [1.54, 1.807) is 0 Å². The molecule has 0 spiro atoms. The first-order valence-corrected chi connectivity index (χ1v) is 12.8. The van der Waals surface area contributed by atoms with Crippen molar-refractivity contribution in [1.82, 2.24) is 0 Å². The van der Waals surface area contributed by atoms with Gasteiger partial charge in [0.2, 0.25) is 0 Å². The lowest BCUT2D eigenvalue weighted by Gasteiger charge is -2.15. The Hall–Kier alpha value is -2.92. The van der Waals surface area contributed by atoms with Gasteiger partial charge < -0.3 is 14.2 Å². The molecule has 0 fully saturated rings. The summed E-state index contributed by atoms with van der Waals surface area (Å²) >= 11 is 1.89. The molecule has 34 heavy (non-hydrogen) atoms. The topological polar surface area (TPSA) is 44.8 Å². The average Bonchev–Trinajstić information content (AvgIpc) is 2.84. The third kappa shape index (κ3) is 7.56. The highest BCUT2D eigenvalue weighted by Crippen LogP contribution is 2.32. The van der Waals surface area contributed by atoms with Crippen molar-refractivity contribution in [1.29, 1.82) is 0 Å². The van der Waals surface area contributed by atoms with Crippen LogP contribution in [-0.4, -0.2) is 31.2 Å². The number of methoxy groups -OCH3 is 1. The van der Waals surface area contributed by atoms with E-state index in [1.807, 2.05) is 36.0 Å². The van der Waals surface area contributed by atoms with Crippen LogP contribution in [-0.2, 0) is 22.6 Å². The molecule has 0 N–H and O–H groups in total. The minimum absolute atomic E-state index is 0.195. The number of benzene rings is 3. The minimum Gasteiger partial charge on any atom is -0.493 e. The third-order valence-corrected chi connectivity index (χ3v) is 6.46. The average molecular weight is 479 g/mol. The van der Waals surface area contributed by atoms with Crippen molar-refractivity contribution >= 4 is 17.7 Å². The molecule has 0 amide bonds. The van der Waals surface area contributed by atoms with Gasteiger partial charge in [0.1, 0.15) is 18.1 Å². The van der Waals surface area contributed by atoms with Crippen LogP contribution < -0.4 is 9.47 Å². The predicted octanol–water partition coefficient (Wildman–Crippen LogP) is 6.79. The van der Waals surface area contributed by atoms with Gasteiger partial charge in [0.05, 0.1) is 13.7 Å². The lowest BCUT2D eigenvalue weighted by molar-refractivity contribution is -0.140. The second-order valence-corrected chi connectivity index (χ2v) is 9.58. The fourth-order valence-corrected chi connectivity index (χ4v) is 4.40. The second kappa shape index (κ2) is 13.1. The highest BCUT2D eigenvalue weighted by atomic mass is 32.2. The molecule has 3 aromatic carbocycles. The van der Waals surface area contributed by atoms with E-state index in [0.29, 0.717) is 19.4 Å². The number of esters is 1. The molecule has 3 rings (SSSR count). The molecule has 5 heteroatoms. The Morgan fingerprint density at radius 2 is 1.62 bits per heavy atom. The predicted molar refractivity (Wildman–Crippen MR) is 141 cm³/mol. The number of hydrogen-bond acceptors (Lipinski definition) is 5. The number of thioether (sulfide) groups is 1. The van der Waals surface area contributed by atoms with Crippen LogP contribution in [0.3, 0.4) is 0 Å². The van der Waals surface area contributed by atoms with Gasteiger partial charge in [-0.2, -0.15) is 11.8 Å². The molecular weight excluding hydrogens is 444 g/mol. The zero-order valence-electron chi connectivity index (χ0n) is 20.6. The SMILES string of the molecule is CCSCCOc1cc(C)c(-c2cccc(COc3ccc(CCC(=O)OC)cc3)c2)c(C)c1. The molecule has 0 radical (unpaired) electrons. The third-order valence-electron chi connectivity index (χ3n) is 5.60. The van der Waals surface area contributed by atoms with Crippen LogP contribution in [0.1, 0.15) is 35.6 Å². The molecule has 0 bridgehead atoms. The normalized spacial score (nSPS) is 10.7. The smallest absolute Gasteiger partial charge is 0.305 e. The van der Waals surface area contributed by atoms with Crippen molar-refractivity contribution < 1.29 is 19.0 Å². The zero-order valence-corrected chi connectivity index (χ0v) is 21.4. The first-order chi connectivity index (χ1) is 16.5. The number of carbonyl (C=O) groups excluding carboxylic acids is 1. The van der Waals surface area contributed by atoms with Crippen LogP contribution in [0.25, 0.3) is 11.1 Å². The summed E-state index contributed by atoms with van der Waals surface area (Å²) in [5, 5.41) is 0. The quantitative estimate of drug-likeness (QED) is 0.212. The largest absolute Gasteiger partial charge is 0.493 e. The lowest BCUT2D eigenvalue weighted by atomic mass is 9.94. The fourth-order valence-electron chi connectivity index (χ4n) is 3.91. The van der Waals surface area contributed by atoms with Crippen LogP contribution >= 0.6 is 11.8 Å². The maximum Gasteiger partial charge on any atom is 0.305 e. The van der Waals surface area contributed by atoms with Crippen molar-refractivity contribution in [2.75, 3.05) is 25.2 Å². The second-order valence-electron chi connectivity index (χ2n) is 8.19. The van der Waals surface area contributed by atoms with Gasteiger partial charge >= 0.3 is 5.97 Å². The van der Waals surface area contributed by atoms with Gasteiger partial charge in [-0.05, 0) is 89.7 Å². The number of aryl methyl sites for hydroxylation is 3. The summed E-state index contributed by atoms with van der Waals surface area (Å²) in [5.41, 5.74) is 7.04. The van der Waals surface area contributed by atoms with Crippen LogP contribution in [0.5, 0.6) is 11.5 Å². The van der Waals surface area contributed by atoms with E-state index in [1.165, 1.54) is 29.4 Å². The highest BCUT2D eigenvalue weighted by Gasteiger charge is 2.10. The Morgan fingerprint density at radius 1 is 0.882 bits per heavy atom. The van der Waals surface area contributed by atoms with Crippen molar-refractivity contribution in [2.24, 2.45) is 0 Å². The number of hydrogen-bond donors (Lipinski definition) is 0. The highest BCUT2D eigenvalue weighted by molar-refractivity contribution is 7.99.